The molecule has 0 atom stereocenters. The number of carbonyl (C=O) groups is 2. The molecule has 6 aromatic heterocycles. The van der Waals surface area contributed by atoms with Crippen molar-refractivity contribution in [1.29, 1.82) is 0 Å². The lowest BCUT2D eigenvalue weighted by atomic mass is 9.77. The van der Waals surface area contributed by atoms with Crippen LogP contribution in [0.5, 0.6) is 23.0 Å². The topological polar surface area (TPSA) is 211 Å². The van der Waals surface area contributed by atoms with Crippen molar-refractivity contribution in [1.82, 2.24) is 69.1 Å². The van der Waals surface area contributed by atoms with Crippen LogP contribution in [0.25, 0.3) is 0 Å². The molecule has 12 heterocycles. The highest BCUT2D eigenvalue weighted by atomic mass is 16.5. The van der Waals surface area contributed by atoms with Gasteiger partial charge < -0.3 is 37.9 Å². The van der Waals surface area contributed by atoms with E-state index in [0.717, 1.165) is 78.9 Å². The Kier molecular flexibility index (Phi) is 23.2. The first-order chi connectivity index (χ1) is 54.3. The molecule has 2 saturated heterocycles. The highest BCUT2D eigenvalue weighted by Gasteiger charge is 2.81. The average Bonchev–Trinajstić information content (AvgIpc) is 1.47. The monoisotopic (exact) mass is 1480 g/mol. The summed E-state index contributed by atoms with van der Waals surface area (Å²) in [5.74, 6) is 2.30. The van der Waals surface area contributed by atoms with Gasteiger partial charge in [0.15, 0.2) is 11.3 Å². The van der Waals surface area contributed by atoms with Gasteiger partial charge in [-0.2, -0.15) is 0 Å². The van der Waals surface area contributed by atoms with Gasteiger partial charge in [-0.05, 0) is 97.1 Å². The molecule has 0 unspecified atom stereocenters. The lowest BCUT2D eigenvalue weighted by Gasteiger charge is -2.52. The van der Waals surface area contributed by atoms with Gasteiger partial charge in [-0.1, -0.05) is 97.1 Å². The van der Waals surface area contributed by atoms with E-state index in [2.05, 4.69) is 75.9 Å². The van der Waals surface area contributed by atoms with Gasteiger partial charge in [0, 0.05) is 137 Å². The molecule has 0 N–H and O–H groups in total. The summed E-state index contributed by atoms with van der Waals surface area (Å²) in [6, 6.07) is 63.7. The number of hydrogen-bond acceptors (Lipinski definition) is 20. The third kappa shape index (κ3) is 16.1. The Hall–Kier alpha value is -10.8. The number of pyridine rings is 6. The Bertz CT molecular complexity index is 4210. The Morgan fingerprint density at radius 2 is 0.564 bits per heavy atom. The van der Waals surface area contributed by atoms with Crippen molar-refractivity contribution < 1.29 is 47.5 Å². The second kappa shape index (κ2) is 34.8. The summed E-state index contributed by atoms with van der Waals surface area (Å²) in [4.78, 5) is 78.9. The molecule has 16 rings (SSSR count). The van der Waals surface area contributed by atoms with Crippen molar-refractivity contribution in [2.24, 2.45) is 0 Å². The Balaban J connectivity index is 0.703. The molecule has 4 amide bonds. The molecule has 6 aliphatic heterocycles. The molecule has 2 fully saturated rings. The maximum atomic E-state index is 16.5. The number of benzene rings is 4. The van der Waals surface area contributed by atoms with E-state index < -0.39 is 11.3 Å². The maximum absolute atomic E-state index is 16.5. The first kappa shape index (κ1) is 73.4. The van der Waals surface area contributed by atoms with Crippen LogP contribution >= 0.6 is 0 Å². The zero-order valence-corrected chi connectivity index (χ0v) is 61.9. The fourth-order valence-electron chi connectivity index (χ4n) is 16.3. The normalized spacial score (nSPS) is 19.7. The van der Waals surface area contributed by atoms with Crippen LogP contribution in [0.1, 0.15) is 78.9 Å². The number of ether oxygens (including phenoxy) is 8. The summed E-state index contributed by atoms with van der Waals surface area (Å²) >= 11 is 0. The highest BCUT2D eigenvalue weighted by molar-refractivity contribution is 5.91. The fourth-order valence-corrected chi connectivity index (χ4v) is 16.3. The number of aromatic nitrogens is 6. The van der Waals surface area contributed by atoms with E-state index in [9.17, 15) is 0 Å². The Morgan fingerprint density at radius 3 is 0.855 bits per heavy atom. The summed E-state index contributed by atoms with van der Waals surface area (Å²) in [5.41, 5.74) is 9.19. The summed E-state index contributed by atoms with van der Waals surface area (Å²) < 4.78 is 53.5. The summed E-state index contributed by atoms with van der Waals surface area (Å²) in [6.45, 7) is 10.9. The predicted octanol–water partition coefficient (Wildman–Crippen LogP) is 11.0. The molecule has 8 bridgehead atoms. The lowest BCUT2D eigenvalue weighted by molar-refractivity contribution is -0.0922. The Morgan fingerprint density at radius 1 is 0.291 bits per heavy atom. The van der Waals surface area contributed by atoms with Crippen LogP contribution in [0.3, 0.4) is 0 Å². The van der Waals surface area contributed by atoms with E-state index in [1.54, 1.807) is 0 Å². The molecule has 4 aromatic carbocycles. The third-order valence-electron chi connectivity index (χ3n) is 21.1. The van der Waals surface area contributed by atoms with Gasteiger partial charge in [-0.3, -0.25) is 69.1 Å². The zero-order chi connectivity index (χ0) is 74.3. The van der Waals surface area contributed by atoms with Crippen molar-refractivity contribution in [2.75, 3.05) is 105 Å². The molecule has 0 radical (unpaired) electrons. The van der Waals surface area contributed by atoms with Crippen molar-refractivity contribution in [3.05, 3.63) is 298 Å². The number of hydrogen-bond donors (Lipinski definition) is 0. The van der Waals surface area contributed by atoms with Crippen LogP contribution in [0.4, 0.5) is 9.59 Å². The van der Waals surface area contributed by atoms with Gasteiger partial charge in [-0.25, -0.2) is 9.59 Å². The molecule has 24 nitrogen and oxygen atoms in total. The quantitative estimate of drug-likeness (QED) is 0.0781. The molecule has 6 aliphatic rings. The molecule has 566 valence electrons. The number of carbonyl (C=O) groups excluding carboxylic acids is 2. The smallest absolute Gasteiger partial charge is 0.325 e. The number of rotatable bonds is 18. The standard InChI is InChI=1S/C86H92N14O10/c101-83-97-61-75-77-63-99(83)86(66-19-5-2-6-20-66)85(97,65-17-3-1-4-18-65)98-62-76-78(64-100(86)84(98)102)82-32-30-80(76)108-50-46-104-42-38-93(57-71-25-15-27-73(91-71)59-95(53-67-21-7-11-33-87-67)54-68-22-8-12-34-88-68)37-41-103-45-49-107-79(75)29-31-81(77)109-51-47-105-43-39-94(40-44-106-48-52-110-82)58-72-26-16-28-74(92-72)60-96(55-69-23-9-13-35-89-69)56-70-24-10-14-36-90-70/h1-36H,37-64H2. The maximum Gasteiger partial charge on any atom is 0.325 e. The van der Waals surface area contributed by atoms with E-state index in [1.807, 2.05) is 202 Å². The fraction of sp³-hybridized carbons (Fsp3) is 0.349. The van der Waals surface area contributed by atoms with Gasteiger partial charge in [0.05, 0.1) is 125 Å². The summed E-state index contributed by atoms with van der Waals surface area (Å²) in [6.07, 6.45) is 7.31. The molecule has 110 heavy (non-hydrogen) atoms. The van der Waals surface area contributed by atoms with E-state index >= 15 is 9.59 Å². The van der Waals surface area contributed by atoms with Gasteiger partial charge in [0.1, 0.15) is 49.4 Å². The lowest BCUT2D eigenvalue weighted by Crippen LogP contribution is -2.64. The number of urea groups is 2. The molecule has 0 saturated carbocycles. The minimum Gasteiger partial charge on any atom is -0.491 e. The summed E-state index contributed by atoms with van der Waals surface area (Å²) in [5, 5.41) is 0. The van der Waals surface area contributed by atoms with Crippen LogP contribution < -0.4 is 18.9 Å². The van der Waals surface area contributed by atoms with E-state index in [-0.39, 0.29) is 91.1 Å². The zero-order valence-electron chi connectivity index (χ0n) is 61.9. The average molecular weight is 1480 g/mol. The van der Waals surface area contributed by atoms with Crippen LogP contribution in [0.15, 0.2) is 219 Å². The molecule has 0 aliphatic carbocycles. The van der Waals surface area contributed by atoms with Gasteiger partial charge in [0.2, 0.25) is 0 Å². The van der Waals surface area contributed by atoms with E-state index in [1.165, 1.54) is 0 Å². The minimum absolute atomic E-state index is 0.0469. The summed E-state index contributed by atoms with van der Waals surface area (Å²) in [7, 11) is 0. The number of amides is 4. The van der Waals surface area contributed by atoms with Crippen LogP contribution in [0.2, 0.25) is 0 Å². The van der Waals surface area contributed by atoms with Crippen molar-refractivity contribution in [3.63, 3.8) is 0 Å². The molecule has 10 aromatic rings. The minimum atomic E-state index is -1.49. The van der Waals surface area contributed by atoms with Gasteiger partial charge >= 0.3 is 12.1 Å². The van der Waals surface area contributed by atoms with Crippen molar-refractivity contribution >= 4 is 12.1 Å². The van der Waals surface area contributed by atoms with Crippen LogP contribution in [0, 0.1) is 0 Å². The highest BCUT2D eigenvalue weighted by Crippen LogP contribution is 2.66. The largest absolute Gasteiger partial charge is 0.491 e. The SMILES string of the molecule is O=C1N2Cc3c4ccc5c3CN1C1(c3ccccc3)N3Cc6c(ccc(c6CN(C3=O)C21c1ccccc1)OCCOCCN(Cc1cccc(CN(Cc2ccccn2)Cc2ccccn2)n1)CCOCCO4)OCCOCCN(Cc1cccc(CN(Cc2ccccn2)Cc2ccccn2)n1)CCOCCO5. The first-order valence-corrected chi connectivity index (χ1v) is 38.1. The number of nitrogens with zero attached hydrogens (tertiary/aromatic N) is 14. The van der Waals surface area contributed by atoms with Crippen molar-refractivity contribution in [2.45, 2.75) is 89.9 Å². The van der Waals surface area contributed by atoms with E-state index in [4.69, 9.17) is 47.9 Å². The van der Waals surface area contributed by atoms with Gasteiger partial charge in [0.25, 0.3) is 0 Å². The molecular formula is C86H92N14O10. The van der Waals surface area contributed by atoms with Crippen molar-refractivity contribution in [3.8, 4) is 23.0 Å². The molecule has 0 spiro atoms. The van der Waals surface area contributed by atoms with Gasteiger partial charge in [-0.15, -0.1) is 0 Å². The third-order valence-corrected chi connectivity index (χ3v) is 21.1. The second-order valence-corrected chi connectivity index (χ2v) is 28.2. The molecular weight excluding hydrogens is 1390 g/mol. The van der Waals surface area contributed by atoms with E-state index in [0.29, 0.717) is 128 Å². The second-order valence-electron chi connectivity index (χ2n) is 28.2. The predicted molar refractivity (Wildman–Crippen MR) is 409 cm³/mol. The Labute approximate surface area is 641 Å². The van der Waals surface area contributed by atoms with Crippen LogP contribution in [-0.2, 0) is 109 Å². The first-order valence-electron chi connectivity index (χ1n) is 38.1. The molecule has 24 heteroatoms. The van der Waals surface area contributed by atoms with Crippen LogP contribution in [-0.4, -0.2) is 187 Å².